The zero-order valence-corrected chi connectivity index (χ0v) is 13.0. The summed E-state index contributed by atoms with van der Waals surface area (Å²) in [6.45, 7) is 9.05. The Morgan fingerprint density at radius 1 is 1.20 bits per heavy atom. The van der Waals surface area contributed by atoms with E-state index in [1.807, 2.05) is 0 Å². The van der Waals surface area contributed by atoms with Gasteiger partial charge in [0.05, 0.1) is 13.1 Å². The van der Waals surface area contributed by atoms with Gasteiger partial charge in [-0.25, -0.2) is 0 Å². The summed E-state index contributed by atoms with van der Waals surface area (Å²) in [7, 11) is 0. The third kappa shape index (κ3) is 4.10. The first kappa shape index (κ1) is 14.2. The Morgan fingerprint density at radius 2 is 2.00 bits per heavy atom. The first-order valence-electron chi connectivity index (χ1n) is 8.14. The highest BCUT2D eigenvalue weighted by molar-refractivity contribution is 5.07. The number of hydrogen-bond acceptors (Lipinski definition) is 3. The van der Waals surface area contributed by atoms with E-state index in [0.717, 1.165) is 30.7 Å². The van der Waals surface area contributed by atoms with Crippen molar-refractivity contribution in [3.8, 4) is 0 Å². The van der Waals surface area contributed by atoms with Gasteiger partial charge in [-0.05, 0) is 62.7 Å². The van der Waals surface area contributed by atoms with Crippen molar-refractivity contribution in [1.82, 2.24) is 10.2 Å². The lowest BCUT2D eigenvalue weighted by Gasteiger charge is -2.22. The predicted molar refractivity (Wildman–Crippen MR) is 81.5 cm³/mol. The number of furan rings is 1. The Balaban J connectivity index is 1.49. The second-order valence-corrected chi connectivity index (χ2v) is 7.32. The fourth-order valence-electron chi connectivity index (χ4n) is 2.99. The number of rotatable bonds is 5. The number of likely N-dealkylation sites (tertiary alicyclic amines) is 1. The molecule has 1 saturated carbocycles. The molecule has 1 saturated heterocycles. The van der Waals surface area contributed by atoms with Crippen molar-refractivity contribution in [2.24, 2.45) is 5.41 Å². The Labute approximate surface area is 122 Å². The molecule has 3 nitrogen and oxygen atoms in total. The van der Waals surface area contributed by atoms with Crippen LogP contribution in [-0.4, -0.2) is 24.0 Å². The maximum atomic E-state index is 5.95. The van der Waals surface area contributed by atoms with Crippen LogP contribution < -0.4 is 5.32 Å². The first-order valence-corrected chi connectivity index (χ1v) is 8.14. The second kappa shape index (κ2) is 5.90. The molecule has 2 fully saturated rings. The van der Waals surface area contributed by atoms with Gasteiger partial charge in [-0.15, -0.1) is 0 Å². The van der Waals surface area contributed by atoms with Crippen LogP contribution in [0, 0.1) is 5.41 Å². The monoisotopic (exact) mass is 276 g/mol. The fraction of sp³-hybridized carbons (Fsp3) is 0.765. The lowest BCUT2D eigenvalue weighted by Crippen LogP contribution is -2.24. The molecule has 0 atom stereocenters. The van der Waals surface area contributed by atoms with Gasteiger partial charge in [-0.2, -0.15) is 0 Å². The molecule has 3 rings (SSSR count). The van der Waals surface area contributed by atoms with Crippen LogP contribution in [0.1, 0.15) is 57.5 Å². The molecule has 0 spiro atoms. The fourth-order valence-corrected chi connectivity index (χ4v) is 2.99. The van der Waals surface area contributed by atoms with E-state index >= 15 is 0 Å². The van der Waals surface area contributed by atoms with E-state index < -0.39 is 0 Å². The summed E-state index contributed by atoms with van der Waals surface area (Å²) >= 11 is 0. The molecule has 0 bridgehead atoms. The molecule has 0 radical (unpaired) electrons. The molecule has 1 aromatic rings. The van der Waals surface area contributed by atoms with E-state index in [4.69, 9.17) is 4.42 Å². The van der Waals surface area contributed by atoms with Gasteiger partial charge in [0, 0.05) is 6.04 Å². The largest absolute Gasteiger partial charge is 0.463 e. The molecule has 20 heavy (non-hydrogen) atoms. The predicted octanol–water partition coefficient (Wildman–Crippen LogP) is 3.54. The molecule has 0 aromatic carbocycles. The molecule has 0 unspecified atom stereocenters. The minimum Gasteiger partial charge on any atom is -0.463 e. The third-order valence-corrected chi connectivity index (χ3v) is 4.67. The van der Waals surface area contributed by atoms with Gasteiger partial charge in [0.2, 0.25) is 0 Å². The average molecular weight is 276 g/mol. The van der Waals surface area contributed by atoms with Crippen molar-refractivity contribution in [2.75, 3.05) is 13.1 Å². The van der Waals surface area contributed by atoms with Crippen LogP contribution in [0.15, 0.2) is 16.5 Å². The first-order chi connectivity index (χ1) is 9.61. The van der Waals surface area contributed by atoms with E-state index in [1.165, 1.54) is 45.2 Å². The maximum absolute atomic E-state index is 5.95. The van der Waals surface area contributed by atoms with Crippen molar-refractivity contribution in [3.05, 3.63) is 23.7 Å². The van der Waals surface area contributed by atoms with Crippen LogP contribution in [0.4, 0.5) is 0 Å². The van der Waals surface area contributed by atoms with Crippen molar-refractivity contribution in [3.63, 3.8) is 0 Å². The zero-order valence-electron chi connectivity index (χ0n) is 13.0. The third-order valence-electron chi connectivity index (χ3n) is 4.67. The van der Waals surface area contributed by atoms with Gasteiger partial charge in [0.25, 0.3) is 0 Å². The number of hydrogen-bond donors (Lipinski definition) is 1. The summed E-state index contributed by atoms with van der Waals surface area (Å²) in [6, 6.07) is 5.03. The van der Waals surface area contributed by atoms with Crippen LogP contribution in [0.3, 0.4) is 0 Å². The molecule has 2 aliphatic rings. The van der Waals surface area contributed by atoms with Crippen LogP contribution in [0.25, 0.3) is 0 Å². The van der Waals surface area contributed by atoms with Crippen molar-refractivity contribution in [1.29, 1.82) is 0 Å². The molecular weight excluding hydrogens is 248 g/mol. The van der Waals surface area contributed by atoms with Crippen molar-refractivity contribution >= 4 is 0 Å². The minimum atomic E-state index is 0.511. The summed E-state index contributed by atoms with van der Waals surface area (Å²) in [4.78, 5) is 2.55. The van der Waals surface area contributed by atoms with Crippen LogP contribution in [0.5, 0.6) is 0 Å². The van der Waals surface area contributed by atoms with Crippen molar-refractivity contribution in [2.45, 2.75) is 65.1 Å². The summed E-state index contributed by atoms with van der Waals surface area (Å²) < 4.78 is 5.95. The van der Waals surface area contributed by atoms with Gasteiger partial charge in [-0.3, -0.25) is 4.90 Å². The van der Waals surface area contributed by atoms with E-state index in [-0.39, 0.29) is 0 Å². The molecule has 112 valence electrons. The normalized spacial score (nSPS) is 23.7. The van der Waals surface area contributed by atoms with Gasteiger partial charge in [0.15, 0.2) is 0 Å². The maximum Gasteiger partial charge on any atom is 0.118 e. The molecule has 1 aromatic heterocycles. The zero-order chi connectivity index (χ0) is 14.0. The van der Waals surface area contributed by atoms with E-state index in [9.17, 15) is 0 Å². The smallest absolute Gasteiger partial charge is 0.118 e. The molecule has 2 heterocycles. The molecule has 3 heteroatoms. The van der Waals surface area contributed by atoms with E-state index in [2.05, 4.69) is 36.2 Å². The summed E-state index contributed by atoms with van der Waals surface area (Å²) in [6.07, 6.45) is 6.61. The SMILES string of the molecule is CC1(C)CCCN(Cc2ccc(CNC3CC3)o2)CC1. The van der Waals surface area contributed by atoms with E-state index in [1.54, 1.807) is 0 Å². The molecule has 0 amide bonds. The topological polar surface area (TPSA) is 28.4 Å². The summed E-state index contributed by atoms with van der Waals surface area (Å²) in [5.74, 6) is 2.21. The lowest BCUT2D eigenvalue weighted by atomic mass is 9.85. The lowest BCUT2D eigenvalue weighted by molar-refractivity contribution is 0.236. The van der Waals surface area contributed by atoms with Gasteiger partial charge in [-0.1, -0.05) is 13.8 Å². The minimum absolute atomic E-state index is 0.511. The van der Waals surface area contributed by atoms with Crippen LogP contribution in [-0.2, 0) is 13.1 Å². The summed E-state index contributed by atoms with van der Waals surface area (Å²) in [5, 5.41) is 3.50. The highest BCUT2D eigenvalue weighted by Gasteiger charge is 2.24. The van der Waals surface area contributed by atoms with Gasteiger partial charge < -0.3 is 9.73 Å². The number of nitrogens with one attached hydrogen (secondary N) is 1. The highest BCUT2D eigenvalue weighted by atomic mass is 16.3. The Hall–Kier alpha value is -0.800. The number of nitrogens with zero attached hydrogens (tertiary/aromatic N) is 1. The second-order valence-electron chi connectivity index (χ2n) is 7.32. The molecular formula is C17H28N2O. The van der Waals surface area contributed by atoms with Crippen molar-refractivity contribution < 1.29 is 4.42 Å². The van der Waals surface area contributed by atoms with Gasteiger partial charge in [0.1, 0.15) is 11.5 Å². The summed E-state index contributed by atoms with van der Waals surface area (Å²) in [5.41, 5.74) is 0.511. The molecule has 1 N–H and O–H groups in total. The van der Waals surface area contributed by atoms with Crippen LogP contribution in [0.2, 0.25) is 0 Å². The molecule has 1 aliphatic heterocycles. The van der Waals surface area contributed by atoms with E-state index in [0.29, 0.717) is 5.41 Å². The molecule has 1 aliphatic carbocycles. The average Bonchev–Trinajstić information content (AvgIpc) is 3.15. The standard InChI is InChI=1S/C17H28N2O/c1-17(2)8-3-10-19(11-9-17)13-16-7-6-15(20-16)12-18-14-4-5-14/h6-7,14,18H,3-5,8-13H2,1-2H3. The quantitative estimate of drug-likeness (QED) is 0.891. The van der Waals surface area contributed by atoms with Gasteiger partial charge >= 0.3 is 0 Å². The van der Waals surface area contributed by atoms with Crippen LogP contribution >= 0.6 is 0 Å². The Bertz CT molecular complexity index is 434. The highest BCUT2D eigenvalue weighted by Crippen LogP contribution is 2.30. The Kier molecular flexibility index (Phi) is 4.18. The Morgan fingerprint density at radius 3 is 2.80 bits per heavy atom.